The second-order valence-electron chi connectivity index (χ2n) is 2.35. The molecule has 62 valence electrons. The molecular formula is C7H8N4O. The number of aromatic amines is 1. The van der Waals surface area contributed by atoms with Crippen LogP contribution in [0.5, 0.6) is 5.75 Å². The molecule has 2 aromatic heterocycles. The van der Waals surface area contributed by atoms with Crippen LogP contribution in [0.2, 0.25) is 0 Å². The molecule has 0 radical (unpaired) electrons. The Labute approximate surface area is 68.5 Å². The van der Waals surface area contributed by atoms with Crippen molar-refractivity contribution in [2.24, 2.45) is 0 Å². The van der Waals surface area contributed by atoms with E-state index >= 15 is 0 Å². The molecule has 0 atom stereocenters. The van der Waals surface area contributed by atoms with Gasteiger partial charge in [0.1, 0.15) is 17.0 Å². The van der Waals surface area contributed by atoms with Gasteiger partial charge in [0.05, 0.1) is 7.11 Å². The molecule has 0 amide bonds. The molecule has 0 spiro atoms. The molecule has 0 aliphatic heterocycles. The van der Waals surface area contributed by atoms with E-state index in [1.807, 2.05) is 0 Å². The Hall–Kier alpha value is -1.78. The minimum absolute atomic E-state index is 0.481. The first-order chi connectivity index (χ1) is 5.83. The van der Waals surface area contributed by atoms with Gasteiger partial charge in [-0.15, -0.1) is 0 Å². The highest BCUT2D eigenvalue weighted by molar-refractivity contribution is 5.91. The van der Waals surface area contributed by atoms with E-state index in [0.29, 0.717) is 17.2 Å². The van der Waals surface area contributed by atoms with E-state index in [-0.39, 0.29) is 0 Å². The third kappa shape index (κ3) is 0.795. The number of hydrogen-bond donors (Lipinski definition) is 2. The number of rotatable bonds is 1. The molecule has 0 aliphatic rings. The predicted octanol–water partition coefficient (Wildman–Crippen LogP) is 0.549. The summed E-state index contributed by atoms with van der Waals surface area (Å²) in [5.41, 5.74) is 6.19. The van der Waals surface area contributed by atoms with Crippen LogP contribution in [0.3, 0.4) is 0 Å². The van der Waals surface area contributed by atoms with Crippen LogP contribution >= 0.6 is 0 Å². The monoisotopic (exact) mass is 164 g/mol. The van der Waals surface area contributed by atoms with E-state index in [1.165, 1.54) is 0 Å². The SMILES string of the molecule is COc1ccnc2n[nH]c(N)c12. The molecule has 5 nitrogen and oxygen atoms in total. The largest absolute Gasteiger partial charge is 0.496 e. The van der Waals surface area contributed by atoms with Gasteiger partial charge in [0.15, 0.2) is 5.65 Å². The predicted molar refractivity (Wildman–Crippen MR) is 44.9 cm³/mol. The molecule has 3 N–H and O–H groups in total. The number of fused-ring (bicyclic) bond motifs is 1. The van der Waals surface area contributed by atoms with E-state index in [1.54, 1.807) is 19.4 Å². The summed E-state index contributed by atoms with van der Waals surface area (Å²) in [5.74, 6) is 1.17. The van der Waals surface area contributed by atoms with Gasteiger partial charge in [0.2, 0.25) is 0 Å². The van der Waals surface area contributed by atoms with E-state index in [2.05, 4.69) is 15.2 Å². The van der Waals surface area contributed by atoms with Gasteiger partial charge in [0, 0.05) is 6.20 Å². The fraction of sp³-hybridized carbons (Fsp3) is 0.143. The maximum atomic E-state index is 5.61. The van der Waals surface area contributed by atoms with Crippen LogP contribution in [0.25, 0.3) is 11.0 Å². The number of hydrogen-bond acceptors (Lipinski definition) is 4. The molecule has 2 rings (SSSR count). The van der Waals surface area contributed by atoms with Gasteiger partial charge in [-0.1, -0.05) is 0 Å². The lowest BCUT2D eigenvalue weighted by Crippen LogP contribution is -1.88. The van der Waals surface area contributed by atoms with Crippen LogP contribution in [0.1, 0.15) is 0 Å². The summed E-state index contributed by atoms with van der Waals surface area (Å²) in [7, 11) is 1.58. The number of aromatic nitrogens is 3. The number of nitrogen functional groups attached to an aromatic ring is 1. The van der Waals surface area contributed by atoms with Crippen molar-refractivity contribution >= 4 is 16.9 Å². The highest BCUT2D eigenvalue weighted by Gasteiger charge is 2.07. The highest BCUT2D eigenvalue weighted by Crippen LogP contribution is 2.26. The molecular weight excluding hydrogens is 156 g/mol. The zero-order valence-electron chi connectivity index (χ0n) is 6.53. The quantitative estimate of drug-likeness (QED) is 0.645. The molecule has 2 heterocycles. The zero-order chi connectivity index (χ0) is 8.55. The number of anilines is 1. The van der Waals surface area contributed by atoms with Crippen molar-refractivity contribution in [3.8, 4) is 5.75 Å². The summed E-state index contributed by atoms with van der Waals surface area (Å²) >= 11 is 0. The molecule has 0 bridgehead atoms. The number of pyridine rings is 1. The molecule has 0 unspecified atom stereocenters. The molecule has 0 aromatic carbocycles. The third-order valence-corrected chi connectivity index (χ3v) is 1.66. The summed E-state index contributed by atoms with van der Waals surface area (Å²) in [6.07, 6.45) is 1.63. The number of nitrogens with zero attached hydrogens (tertiary/aromatic N) is 2. The second-order valence-corrected chi connectivity index (χ2v) is 2.35. The van der Waals surface area contributed by atoms with Crippen LogP contribution in [0.4, 0.5) is 5.82 Å². The van der Waals surface area contributed by atoms with Crippen LogP contribution in [-0.2, 0) is 0 Å². The topological polar surface area (TPSA) is 76.8 Å². The average Bonchev–Trinajstić information content (AvgIpc) is 2.48. The lowest BCUT2D eigenvalue weighted by atomic mass is 10.3. The lowest BCUT2D eigenvalue weighted by molar-refractivity contribution is 0.419. The summed E-state index contributed by atoms with van der Waals surface area (Å²) in [6, 6.07) is 1.74. The van der Waals surface area contributed by atoms with E-state index in [9.17, 15) is 0 Å². The maximum Gasteiger partial charge on any atom is 0.186 e. The van der Waals surface area contributed by atoms with Crippen molar-refractivity contribution in [1.29, 1.82) is 0 Å². The minimum Gasteiger partial charge on any atom is -0.496 e. The number of methoxy groups -OCH3 is 1. The van der Waals surface area contributed by atoms with Gasteiger partial charge in [-0.05, 0) is 6.07 Å². The first-order valence-electron chi connectivity index (χ1n) is 3.45. The van der Waals surface area contributed by atoms with Crippen molar-refractivity contribution in [2.45, 2.75) is 0 Å². The normalized spacial score (nSPS) is 10.4. The number of H-pyrrole nitrogens is 1. The Bertz CT molecular complexity index is 409. The number of nitrogens with one attached hydrogen (secondary N) is 1. The van der Waals surface area contributed by atoms with Crippen LogP contribution in [0.15, 0.2) is 12.3 Å². The van der Waals surface area contributed by atoms with Gasteiger partial charge >= 0.3 is 0 Å². The highest BCUT2D eigenvalue weighted by atomic mass is 16.5. The summed E-state index contributed by atoms with van der Waals surface area (Å²) in [5, 5.41) is 7.26. The fourth-order valence-corrected chi connectivity index (χ4v) is 1.11. The smallest absolute Gasteiger partial charge is 0.186 e. The number of nitrogens with two attached hydrogens (primary N) is 1. The van der Waals surface area contributed by atoms with E-state index in [4.69, 9.17) is 10.5 Å². The summed E-state index contributed by atoms with van der Waals surface area (Å²) in [4.78, 5) is 4.01. The van der Waals surface area contributed by atoms with Crippen molar-refractivity contribution in [3.05, 3.63) is 12.3 Å². The molecule has 2 aromatic rings. The van der Waals surface area contributed by atoms with Gasteiger partial charge in [-0.3, -0.25) is 5.10 Å². The van der Waals surface area contributed by atoms with Crippen LogP contribution in [0, 0.1) is 0 Å². The summed E-state index contributed by atoms with van der Waals surface area (Å²) < 4.78 is 5.09. The molecule has 0 saturated carbocycles. The van der Waals surface area contributed by atoms with E-state index < -0.39 is 0 Å². The Balaban J connectivity index is 2.84. The Kier molecular flexibility index (Phi) is 1.36. The molecule has 0 fully saturated rings. The van der Waals surface area contributed by atoms with Gasteiger partial charge in [0.25, 0.3) is 0 Å². The van der Waals surface area contributed by atoms with Crippen molar-refractivity contribution in [2.75, 3.05) is 12.8 Å². The molecule has 12 heavy (non-hydrogen) atoms. The Morgan fingerprint density at radius 2 is 2.42 bits per heavy atom. The van der Waals surface area contributed by atoms with Gasteiger partial charge in [-0.25, -0.2) is 4.98 Å². The first kappa shape index (κ1) is 6.90. The molecule has 0 saturated heterocycles. The van der Waals surface area contributed by atoms with Crippen LogP contribution in [-0.4, -0.2) is 22.3 Å². The third-order valence-electron chi connectivity index (χ3n) is 1.66. The summed E-state index contributed by atoms with van der Waals surface area (Å²) in [6.45, 7) is 0. The number of ether oxygens (including phenoxy) is 1. The fourth-order valence-electron chi connectivity index (χ4n) is 1.11. The minimum atomic E-state index is 0.481. The van der Waals surface area contributed by atoms with Crippen LogP contribution < -0.4 is 10.5 Å². The second kappa shape index (κ2) is 2.37. The molecule has 5 heteroatoms. The van der Waals surface area contributed by atoms with Crippen molar-refractivity contribution in [3.63, 3.8) is 0 Å². The maximum absolute atomic E-state index is 5.61. The van der Waals surface area contributed by atoms with Gasteiger partial charge in [-0.2, -0.15) is 5.10 Å². The molecule has 0 aliphatic carbocycles. The average molecular weight is 164 g/mol. The van der Waals surface area contributed by atoms with Crippen molar-refractivity contribution in [1.82, 2.24) is 15.2 Å². The Morgan fingerprint density at radius 1 is 1.58 bits per heavy atom. The van der Waals surface area contributed by atoms with Crippen molar-refractivity contribution < 1.29 is 4.74 Å². The lowest BCUT2D eigenvalue weighted by Gasteiger charge is -1.99. The van der Waals surface area contributed by atoms with Gasteiger partial charge < -0.3 is 10.5 Å². The van der Waals surface area contributed by atoms with E-state index in [0.717, 1.165) is 5.39 Å². The Morgan fingerprint density at radius 3 is 3.17 bits per heavy atom. The zero-order valence-corrected chi connectivity index (χ0v) is 6.53. The first-order valence-corrected chi connectivity index (χ1v) is 3.45. The standard InChI is InChI=1S/C7H8N4O/c1-12-4-2-3-9-7-5(4)6(8)10-11-7/h2-3H,1H3,(H3,8,9,10,11).